The molecule has 2 aromatic carbocycles. The van der Waals surface area contributed by atoms with Crippen LogP contribution in [0.25, 0.3) is 0 Å². The van der Waals surface area contributed by atoms with E-state index >= 15 is 0 Å². The van der Waals surface area contributed by atoms with Gasteiger partial charge >= 0.3 is 0 Å². The minimum atomic E-state index is -0.353. The summed E-state index contributed by atoms with van der Waals surface area (Å²) in [5.74, 6) is 0.0307. The van der Waals surface area contributed by atoms with Gasteiger partial charge in [-0.2, -0.15) is 11.8 Å². The van der Waals surface area contributed by atoms with Gasteiger partial charge in [-0.15, -0.1) is 0 Å². The lowest BCUT2D eigenvalue weighted by atomic mass is 10.1. The van der Waals surface area contributed by atoms with Crippen molar-refractivity contribution in [3.8, 4) is 0 Å². The Morgan fingerprint density at radius 3 is 2.64 bits per heavy atom. The van der Waals surface area contributed by atoms with Crippen molar-refractivity contribution >= 4 is 29.5 Å². The van der Waals surface area contributed by atoms with Crippen LogP contribution in [0.1, 0.15) is 38.3 Å². The lowest BCUT2D eigenvalue weighted by Gasteiger charge is -2.13. The molecule has 7 heteroatoms. The third-order valence-corrected chi connectivity index (χ3v) is 5.48. The van der Waals surface area contributed by atoms with Crippen LogP contribution in [0.2, 0.25) is 0 Å². The molecule has 28 heavy (non-hydrogen) atoms. The number of nitrogens with zero attached hydrogens (tertiary/aromatic N) is 1. The molecule has 1 aliphatic rings. The van der Waals surface area contributed by atoms with E-state index in [0.29, 0.717) is 34.7 Å². The van der Waals surface area contributed by atoms with Crippen LogP contribution in [0.15, 0.2) is 42.5 Å². The number of nitrogens with one attached hydrogen (secondary N) is 1. The monoisotopic (exact) mass is 400 g/mol. The maximum absolute atomic E-state index is 13.5. The molecule has 0 fully saturated rings. The number of halogens is 1. The van der Waals surface area contributed by atoms with Gasteiger partial charge in [-0.05, 0) is 30.7 Å². The van der Waals surface area contributed by atoms with Gasteiger partial charge in [0.05, 0.1) is 11.1 Å². The van der Waals surface area contributed by atoms with Crippen molar-refractivity contribution in [3.05, 3.63) is 70.5 Å². The molecule has 0 saturated carbocycles. The molecule has 2 aromatic rings. The fraction of sp³-hybridized carbons (Fsp3) is 0.286. The Bertz CT molecular complexity index is 916. The summed E-state index contributed by atoms with van der Waals surface area (Å²) in [5.41, 5.74) is 2.34. The molecular formula is C21H21FN2O3S. The van der Waals surface area contributed by atoms with Crippen molar-refractivity contribution in [2.75, 3.05) is 18.8 Å². The molecule has 5 nitrogen and oxygen atoms in total. The quantitative estimate of drug-likeness (QED) is 0.546. The number of thioether (sulfide) groups is 1. The molecule has 0 aliphatic carbocycles. The van der Waals surface area contributed by atoms with E-state index in [9.17, 15) is 18.8 Å². The van der Waals surface area contributed by atoms with E-state index in [2.05, 4.69) is 5.32 Å². The van der Waals surface area contributed by atoms with Crippen LogP contribution in [-0.4, -0.2) is 41.5 Å². The zero-order valence-corrected chi connectivity index (χ0v) is 16.4. The molecular weight excluding hydrogens is 379 g/mol. The molecule has 0 spiro atoms. The number of aryl methyl sites for hydroxylation is 1. The van der Waals surface area contributed by atoms with Gasteiger partial charge < -0.3 is 5.32 Å². The maximum Gasteiger partial charge on any atom is 0.261 e. The third kappa shape index (κ3) is 4.59. The second-order valence-electron chi connectivity index (χ2n) is 6.55. The molecule has 3 amide bonds. The Balaban J connectivity index is 1.39. The Kier molecular flexibility index (Phi) is 6.46. The number of benzene rings is 2. The maximum atomic E-state index is 13.5. The highest BCUT2D eigenvalue weighted by molar-refractivity contribution is 7.98. The van der Waals surface area contributed by atoms with Crippen molar-refractivity contribution < 1.29 is 18.8 Å². The summed E-state index contributed by atoms with van der Waals surface area (Å²) in [6, 6.07) is 11.8. The molecule has 0 saturated heterocycles. The Labute approximate surface area is 167 Å². The predicted molar refractivity (Wildman–Crippen MR) is 107 cm³/mol. The van der Waals surface area contributed by atoms with Gasteiger partial charge in [0.25, 0.3) is 11.8 Å². The van der Waals surface area contributed by atoms with Gasteiger partial charge in [0.15, 0.2) is 0 Å². The van der Waals surface area contributed by atoms with Crippen molar-refractivity contribution in [2.45, 2.75) is 19.1 Å². The molecule has 146 valence electrons. The first kappa shape index (κ1) is 20.1. The van der Waals surface area contributed by atoms with Crippen LogP contribution in [0.3, 0.4) is 0 Å². The highest BCUT2D eigenvalue weighted by atomic mass is 32.2. The molecule has 0 radical (unpaired) electrons. The summed E-state index contributed by atoms with van der Waals surface area (Å²) < 4.78 is 13.5. The van der Waals surface area contributed by atoms with Gasteiger partial charge in [0.1, 0.15) is 5.82 Å². The summed E-state index contributed by atoms with van der Waals surface area (Å²) in [7, 11) is 0. The summed E-state index contributed by atoms with van der Waals surface area (Å²) in [5, 5.41) is 2.76. The van der Waals surface area contributed by atoms with E-state index in [0.717, 1.165) is 10.5 Å². The number of amides is 3. The fourth-order valence-corrected chi connectivity index (χ4v) is 3.81. The summed E-state index contributed by atoms with van der Waals surface area (Å²) in [6.45, 7) is 2.36. The van der Waals surface area contributed by atoms with Crippen LogP contribution < -0.4 is 5.32 Å². The highest BCUT2D eigenvalue weighted by Crippen LogP contribution is 2.24. The second-order valence-corrected chi connectivity index (χ2v) is 7.66. The minimum Gasteiger partial charge on any atom is -0.355 e. The molecule has 1 heterocycles. The number of fused-ring (bicyclic) bond motifs is 1. The largest absolute Gasteiger partial charge is 0.355 e. The van der Waals surface area contributed by atoms with E-state index < -0.39 is 0 Å². The standard InChI is InChI=1S/C21H21FN2O3S/c1-14-6-7-16-17(12-14)21(27)24(20(16)26)10-8-19(25)23-9-11-28-13-15-4-2-3-5-18(15)22/h2-7,12H,8-11,13H2,1H3,(H,23,25). The predicted octanol–water partition coefficient (Wildman–Crippen LogP) is 3.17. The third-order valence-electron chi connectivity index (χ3n) is 4.47. The fourth-order valence-electron chi connectivity index (χ4n) is 2.97. The minimum absolute atomic E-state index is 0.0552. The van der Waals surface area contributed by atoms with E-state index in [1.54, 1.807) is 36.4 Å². The lowest BCUT2D eigenvalue weighted by Crippen LogP contribution is -2.35. The highest BCUT2D eigenvalue weighted by Gasteiger charge is 2.35. The van der Waals surface area contributed by atoms with Crippen molar-refractivity contribution in [3.63, 3.8) is 0 Å². The SMILES string of the molecule is Cc1ccc2c(c1)C(=O)N(CCC(=O)NCCSCc1ccccc1F)C2=O. The number of carbonyl (C=O) groups is 3. The first-order valence-electron chi connectivity index (χ1n) is 9.02. The molecule has 1 N–H and O–H groups in total. The molecule has 1 aliphatic heterocycles. The second kappa shape index (κ2) is 9.01. The van der Waals surface area contributed by atoms with Crippen LogP contribution in [0.4, 0.5) is 4.39 Å². The Morgan fingerprint density at radius 2 is 1.86 bits per heavy atom. The van der Waals surface area contributed by atoms with Crippen LogP contribution in [0, 0.1) is 12.7 Å². The zero-order valence-electron chi connectivity index (χ0n) is 15.5. The van der Waals surface area contributed by atoms with Crippen LogP contribution in [-0.2, 0) is 10.5 Å². The first-order chi connectivity index (χ1) is 13.5. The lowest BCUT2D eigenvalue weighted by molar-refractivity contribution is -0.121. The van der Waals surface area contributed by atoms with E-state index in [1.165, 1.54) is 17.8 Å². The van der Waals surface area contributed by atoms with Crippen LogP contribution >= 0.6 is 11.8 Å². The van der Waals surface area contributed by atoms with E-state index in [-0.39, 0.29) is 36.5 Å². The van der Waals surface area contributed by atoms with Crippen molar-refractivity contribution in [2.24, 2.45) is 0 Å². The van der Waals surface area contributed by atoms with Crippen molar-refractivity contribution in [1.82, 2.24) is 10.2 Å². The summed E-state index contributed by atoms with van der Waals surface area (Å²) in [4.78, 5) is 37.8. The van der Waals surface area contributed by atoms with Gasteiger partial charge in [-0.25, -0.2) is 4.39 Å². The van der Waals surface area contributed by atoms with Crippen molar-refractivity contribution in [1.29, 1.82) is 0 Å². The van der Waals surface area contributed by atoms with Gasteiger partial charge in [0, 0.05) is 31.0 Å². The van der Waals surface area contributed by atoms with Gasteiger partial charge in [0.2, 0.25) is 5.91 Å². The number of imide groups is 1. The Hall–Kier alpha value is -2.67. The number of hydrogen-bond donors (Lipinski definition) is 1. The molecule has 0 atom stereocenters. The molecule has 0 bridgehead atoms. The van der Waals surface area contributed by atoms with Gasteiger partial charge in [-0.1, -0.05) is 29.8 Å². The molecule has 0 aromatic heterocycles. The van der Waals surface area contributed by atoms with E-state index in [1.807, 2.05) is 6.92 Å². The summed E-state index contributed by atoms with van der Waals surface area (Å²) in [6.07, 6.45) is 0.0580. The summed E-state index contributed by atoms with van der Waals surface area (Å²) >= 11 is 1.53. The average molecular weight is 400 g/mol. The molecule has 3 rings (SSSR count). The number of carbonyl (C=O) groups excluding carboxylic acids is 3. The Morgan fingerprint density at radius 1 is 1.11 bits per heavy atom. The van der Waals surface area contributed by atoms with E-state index in [4.69, 9.17) is 0 Å². The van der Waals surface area contributed by atoms with Crippen LogP contribution in [0.5, 0.6) is 0 Å². The topological polar surface area (TPSA) is 66.5 Å². The first-order valence-corrected chi connectivity index (χ1v) is 10.2. The normalized spacial score (nSPS) is 13.0. The smallest absolute Gasteiger partial charge is 0.261 e. The number of hydrogen-bond acceptors (Lipinski definition) is 4. The van der Waals surface area contributed by atoms with Gasteiger partial charge in [-0.3, -0.25) is 19.3 Å². The zero-order chi connectivity index (χ0) is 20.1. The number of rotatable bonds is 8. The average Bonchev–Trinajstić information content (AvgIpc) is 2.91. The molecule has 0 unspecified atom stereocenters.